The summed E-state index contributed by atoms with van der Waals surface area (Å²) < 4.78 is 6.41. The molecule has 1 N–H and O–H groups in total. The highest BCUT2D eigenvalue weighted by atomic mass is 16.5. The molecule has 24 heavy (non-hydrogen) atoms. The summed E-state index contributed by atoms with van der Waals surface area (Å²) in [4.78, 5) is 17.2. The molecule has 3 aliphatic rings. The van der Waals surface area contributed by atoms with Gasteiger partial charge in [-0.3, -0.25) is 9.79 Å². The zero-order valence-corrected chi connectivity index (χ0v) is 15.8. The Kier molecular flexibility index (Phi) is 5.14. The standard InChI is InChI=1S/C20H32N2O2/c1-6-17-12(4)13(5)20(24-17)15-8-7-14-16(23)9-18(22-19(14)15)21-10-11(2)3/h11-13,15,17,20H,6-10H2,1-5H3,(H,21,22)/t12-,13?,15?,17-,20-/m1/s1. The Bertz CT molecular complexity index is 564. The van der Waals surface area contributed by atoms with Crippen molar-refractivity contribution in [3.63, 3.8) is 0 Å². The van der Waals surface area contributed by atoms with Crippen molar-refractivity contribution in [2.75, 3.05) is 6.54 Å². The van der Waals surface area contributed by atoms with Gasteiger partial charge >= 0.3 is 0 Å². The van der Waals surface area contributed by atoms with Crippen molar-refractivity contribution in [3.05, 3.63) is 11.3 Å². The first-order chi connectivity index (χ1) is 11.4. The average molecular weight is 332 g/mol. The van der Waals surface area contributed by atoms with E-state index in [1.54, 1.807) is 0 Å². The molecule has 0 aromatic rings. The zero-order valence-electron chi connectivity index (χ0n) is 15.8. The molecule has 0 aromatic heterocycles. The maximum atomic E-state index is 12.5. The van der Waals surface area contributed by atoms with Crippen LogP contribution in [0.2, 0.25) is 0 Å². The third-order valence-corrected chi connectivity index (χ3v) is 6.06. The van der Waals surface area contributed by atoms with Crippen LogP contribution in [0.5, 0.6) is 0 Å². The van der Waals surface area contributed by atoms with E-state index >= 15 is 0 Å². The predicted molar refractivity (Wildman–Crippen MR) is 96.9 cm³/mol. The third kappa shape index (κ3) is 3.17. The van der Waals surface area contributed by atoms with Crippen molar-refractivity contribution in [2.24, 2.45) is 28.7 Å². The molecule has 0 bridgehead atoms. The van der Waals surface area contributed by atoms with Gasteiger partial charge in [0.15, 0.2) is 5.78 Å². The summed E-state index contributed by atoms with van der Waals surface area (Å²) >= 11 is 0. The number of hydrogen-bond acceptors (Lipinski definition) is 3. The zero-order chi connectivity index (χ0) is 17.4. The Balaban J connectivity index is 1.80. The summed E-state index contributed by atoms with van der Waals surface area (Å²) in [5.74, 6) is 3.06. The Labute approximate surface area is 146 Å². The summed E-state index contributed by atoms with van der Waals surface area (Å²) in [6.45, 7) is 11.9. The number of carbonyl (C=O) groups excluding carboxylic acids is 1. The van der Waals surface area contributed by atoms with E-state index in [1.165, 1.54) is 0 Å². The third-order valence-electron chi connectivity index (χ3n) is 6.06. The second-order valence-corrected chi connectivity index (χ2v) is 8.21. The summed E-state index contributed by atoms with van der Waals surface area (Å²) in [6, 6.07) is 0. The number of nitrogens with one attached hydrogen (secondary N) is 1. The maximum absolute atomic E-state index is 12.5. The van der Waals surface area contributed by atoms with Crippen molar-refractivity contribution in [1.29, 1.82) is 0 Å². The molecule has 4 heteroatoms. The van der Waals surface area contributed by atoms with Gasteiger partial charge < -0.3 is 10.1 Å². The highest BCUT2D eigenvalue weighted by Crippen LogP contribution is 2.45. The van der Waals surface area contributed by atoms with Crippen LogP contribution in [-0.2, 0) is 9.53 Å². The van der Waals surface area contributed by atoms with Gasteiger partial charge in [0.25, 0.3) is 0 Å². The first-order valence-corrected chi connectivity index (χ1v) is 9.64. The van der Waals surface area contributed by atoms with Gasteiger partial charge in [-0.05, 0) is 37.0 Å². The Morgan fingerprint density at radius 3 is 2.67 bits per heavy atom. The van der Waals surface area contributed by atoms with Crippen molar-refractivity contribution in [2.45, 2.75) is 72.5 Å². The quantitative estimate of drug-likeness (QED) is 0.853. The van der Waals surface area contributed by atoms with Gasteiger partial charge in [0.2, 0.25) is 0 Å². The van der Waals surface area contributed by atoms with Crippen LogP contribution in [-0.4, -0.2) is 30.4 Å². The SMILES string of the molecule is CC[C@H]1O[C@@H](C2CCC3=C2NC(=NCC(C)C)CC3=O)C(C)[C@H]1C. The molecule has 134 valence electrons. The number of nitrogens with zero attached hydrogens (tertiary/aromatic N) is 1. The number of Topliss-reactive ketones (excluding diaryl/α,β-unsaturated/α-hetero) is 1. The van der Waals surface area contributed by atoms with Crippen LogP contribution < -0.4 is 5.32 Å². The second-order valence-electron chi connectivity index (χ2n) is 8.21. The van der Waals surface area contributed by atoms with Gasteiger partial charge in [0.05, 0.1) is 18.6 Å². The van der Waals surface area contributed by atoms with Crippen LogP contribution in [0.3, 0.4) is 0 Å². The predicted octanol–water partition coefficient (Wildman–Crippen LogP) is 3.72. The molecule has 1 aliphatic carbocycles. The number of ketones is 1. The fourth-order valence-corrected chi connectivity index (χ4v) is 4.45. The maximum Gasteiger partial charge on any atom is 0.168 e. The van der Waals surface area contributed by atoms with Gasteiger partial charge in [-0.15, -0.1) is 0 Å². The molecule has 2 unspecified atom stereocenters. The molecule has 0 radical (unpaired) electrons. The fraction of sp³-hybridized carbons (Fsp3) is 0.800. The molecule has 1 fully saturated rings. The van der Waals surface area contributed by atoms with Crippen LogP contribution in [0, 0.1) is 23.7 Å². The van der Waals surface area contributed by atoms with E-state index in [2.05, 4.69) is 44.9 Å². The molecule has 0 saturated carbocycles. The molecule has 1 saturated heterocycles. The van der Waals surface area contributed by atoms with E-state index in [9.17, 15) is 4.79 Å². The van der Waals surface area contributed by atoms with Crippen LogP contribution >= 0.6 is 0 Å². The van der Waals surface area contributed by atoms with Gasteiger partial charge in [-0.25, -0.2) is 0 Å². The number of aliphatic imine (C=N–C) groups is 1. The lowest BCUT2D eigenvalue weighted by atomic mass is 9.83. The normalized spacial score (nSPS) is 38.2. The number of amidine groups is 1. The van der Waals surface area contributed by atoms with Crippen LogP contribution in [0.4, 0.5) is 0 Å². The molecule has 5 atom stereocenters. The topological polar surface area (TPSA) is 50.7 Å². The van der Waals surface area contributed by atoms with Crippen molar-refractivity contribution < 1.29 is 9.53 Å². The molecule has 0 aromatic carbocycles. The lowest BCUT2D eigenvalue weighted by Gasteiger charge is -2.28. The Hall–Kier alpha value is -1.16. The van der Waals surface area contributed by atoms with Crippen molar-refractivity contribution in [3.8, 4) is 0 Å². The van der Waals surface area contributed by atoms with E-state index in [1.807, 2.05) is 0 Å². The first-order valence-electron chi connectivity index (χ1n) is 9.64. The Morgan fingerprint density at radius 1 is 1.29 bits per heavy atom. The number of rotatable bonds is 4. The number of allylic oxidation sites excluding steroid dienone is 1. The summed E-state index contributed by atoms with van der Waals surface area (Å²) in [7, 11) is 0. The molecule has 3 rings (SSSR count). The minimum absolute atomic E-state index is 0.224. The molecular weight excluding hydrogens is 300 g/mol. The van der Waals surface area contributed by atoms with Crippen LogP contribution in [0.25, 0.3) is 0 Å². The molecule has 2 aliphatic heterocycles. The van der Waals surface area contributed by atoms with E-state index in [4.69, 9.17) is 4.74 Å². The number of hydrogen-bond donors (Lipinski definition) is 1. The number of carbonyl (C=O) groups is 1. The van der Waals surface area contributed by atoms with E-state index in [0.29, 0.717) is 36.2 Å². The van der Waals surface area contributed by atoms with Gasteiger partial charge in [-0.1, -0.05) is 34.6 Å². The monoisotopic (exact) mass is 332 g/mol. The summed E-state index contributed by atoms with van der Waals surface area (Å²) in [6.07, 6.45) is 3.99. The molecular formula is C20H32N2O2. The highest BCUT2D eigenvalue weighted by Gasteiger charge is 2.46. The van der Waals surface area contributed by atoms with E-state index in [-0.39, 0.29) is 11.9 Å². The van der Waals surface area contributed by atoms with Gasteiger partial charge in [0, 0.05) is 23.7 Å². The second kappa shape index (κ2) is 6.99. The Morgan fingerprint density at radius 2 is 2.04 bits per heavy atom. The number of ether oxygens (including phenoxy) is 1. The lowest BCUT2D eigenvalue weighted by Crippen LogP contribution is -2.38. The van der Waals surface area contributed by atoms with Crippen molar-refractivity contribution >= 4 is 11.6 Å². The first kappa shape index (κ1) is 17.7. The molecule has 2 heterocycles. The van der Waals surface area contributed by atoms with Crippen LogP contribution in [0.1, 0.15) is 60.3 Å². The van der Waals surface area contributed by atoms with E-state index in [0.717, 1.165) is 42.9 Å². The van der Waals surface area contributed by atoms with Gasteiger partial charge in [-0.2, -0.15) is 0 Å². The van der Waals surface area contributed by atoms with Crippen LogP contribution in [0.15, 0.2) is 16.3 Å². The molecule has 0 spiro atoms. The minimum atomic E-state index is 0.224. The fourth-order valence-electron chi connectivity index (χ4n) is 4.45. The summed E-state index contributed by atoms with van der Waals surface area (Å²) in [5.41, 5.74) is 2.13. The highest BCUT2D eigenvalue weighted by molar-refractivity contribution is 6.12. The van der Waals surface area contributed by atoms with Crippen molar-refractivity contribution in [1.82, 2.24) is 5.32 Å². The van der Waals surface area contributed by atoms with E-state index < -0.39 is 0 Å². The average Bonchev–Trinajstić information content (AvgIpc) is 3.08. The molecule has 4 nitrogen and oxygen atoms in total. The largest absolute Gasteiger partial charge is 0.374 e. The van der Waals surface area contributed by atoms with Gasteiger partial charge in [0.1, 0.15) is 5.84 Å². The minimum Gasteiger partial charge on any atom is -0.374 e. The smallest absolute Gasteiger partial charge is 0.168 e. The molecule has 0 amide bonds. The lowest BCUT2D eigenvalue weighted by molar-refractivity contribution is -0.114. The summed E-state index contributed by atoms with van der Waals surface area (Å²) in [5, 5.41) is 3.53.